The summed E-state index contributed by atoms with van der Waals surface area (Å²) in [6.07, 6.45) is 8.73. The molecule has 0 saturated carbocycles. The number of methoxy groups -OCH3 is 1. The fourth-order valence-electron chi connectivity index (χ4n) is 3.47. The van der Waals surface area contributed by atoms with Gasteiger partial charge in [-0.2, -0.15) is 0 Å². The summed E-state index contributed by atoms with van der Waals surface area (Å²) in [5, 5.41) is 8.42. The van der Waals surface area contributed by atoms with Gasteiger partial charge in [0.1, 0.15) is 18.8 Å². The summed E-state index contributed by atoms with van der Waals surface area (Å²) in [4.78, 5) is 4.59. The number of aryl methyl sites for hydroxylation is 1. The van der Waals surface area contributed by atoms with Gasteiger partial charge in [0.2, 0.25) is 0 Å². The molecular formula is C20H23N5O2. The van der Waals surface area contributed by atoms with Crippen molar-refractivity contribution in [2.24, 2.45) is 0 Å². The predicted molar refractivity (Wildman–Crippen MR) is 103 cm³/mol. The number of hydrogen-bond donors (Lipinski definition) is 0. The molecule has 0 radical (unpaired) electrons. The van der Waals surface area contributed by atoms with Gasteiger partial charge in [-0.1, -0.05) is 19.1 Å². The van der Waals surface area contributed by atoms with Crippen molar-refractivity contribution in [2.45, 2.75) is 32.9 Å². The van der Waals surface area contributed by atoms with Crippen molar-refractivity contribution in [3.63, 3.8) is 0 Å². The Hall–Kier alpha value is -3.09. The van der Waals surface area contributed by atoms with Crippen molar-refractivity contribution in [1.29, 1.82) is 0 Å². The highest BCUT2D eigenvalue weighted by Crippen LogP contribution is 2.37. The van der Waals surface area contributed by atoms with Crippen LogP contribution in [0.5, 0.6) is 11.5 Å². The molecule has 0 bridgehead atoms. The van der Waals surface area contributed by atoms with Gasteiger partial charge >= 0.3 is 0 Å². The maximum absolute atomic E-state index is 5.99. The first-order valence-electron chi connectivity index (χ1n) is 9.14. The maximum Gasteiger partial charge on any atom is 0.168 e. The molecule has 0 fully saturated rings. The average Bonchev–Trinajstić information content (AvgIpc) is 3.36. The van der Waals surface area contributed by atoms with E-state index in [2.05, 4.69) is 44.2 Å². The minimum absolute atomic E-state index is 0.0177. The predicted octanol–water partition coefficient (Wildman–Crippen LogP) is 3.44. The van der Waals surface area contributed by atoms with E-state index in [1.54, 1.807) is 13.4 Å². The zero-order valence-corrected chi connectivity index (χ0v) is 15.8. The minimum atomic E-state index is 0.0177. The summed E-state index contributed by atoms with van der Waals surface area (Å²) >= 11 is 0. The van der Waals surface area contributed by atoms with E-state index >= 15 is 0 Å². The number of rotatable bonds is 6. The van der Waals surface area contributed by atoms with Gasteiger partial charge in [-0.25, -0.2) is 4.98 Å². The molecule has 4 rings (SSSR count). The first kappa shape index (κ1) is 17.3. The largest absolute Gasteiger partial charge is 0.493 e. The van der Waals surface area contributed by atoms with E-state index in [9.17, 15) is 0 Å². The second-order valence-corrected chi connectivity index (χ2v) is 6.55. The highest BCUT2D eigenvalue weighted by molar-refractivity contribution is 5.84. The monoisotopic (exact) mass is 365 g/mol. The van der Waals surface area contributed by atoms with Crippen molar-refractivity contribution in [3.8, 4) is 11.5 Å². The molecule has 2 aromatic heterocycles. The quantitative estimate of drug-likeness (QED) is 0.669. The average molecular weight is 365 g/mol. The van der Waals surface area contributed by atoms with Gasteiger partial charge in [0.05, 0.1) is 13.2 Å². The number of nitrogens with zero attached hydrogens (tertiary/aromatic N) is 5. The number of para-hydroxylation sites is 1. The van der Waals surface area contributed by atoms with Crippen LogP contribution in [0.3, 0.4) is 0 Å². The van der Waals surface area contributed by atoms with Crippen LogP contribution in [0.1, 0.15) is 43.5 Å². The zero-order chi connectivity index (χ0) is 18.8. The first-order chi connectivity index (χ1) is 13.2. The van der Waals surface area contributed by atoms with Crippen LogP contribution in [0, 0.1) is 0 Å². The van der Waals surface area contributed by atoms with Gasteiger partial charge in [-0.05, 0) is 25.5 Å². The van der Waals surface area contributed by atoms with Crippen molar-refractivity contribution >= 4 is 11.6 Å². The standard InChI is InChI=1S/C20H23N5O2/c1-4-9-24-13-22-23-19(24)14(2)25-10-8-21-20(25)16-11-15-6-5-7-17(26-3)18(15)27-12-16/h5-8,10-11,13-14H,4,9,12H2,1-3H3/t14-/m0/s1. The van der Waals surface area contributed by atoms with E-state index in [-0.39, 0.29) is 6.04 Å². The number of fused-ring (bicyclic) bond motifs is 1. The Labute approximate surface area is 158 Å². The maximum atomic E-state index is 5.99. The first-order valence-corrected chi connectivity index (χ1v) is 9.14. The molecule has 0 spiro atoms. The lowest BCUT2D eigenvalue weighted by Crippen LogP contribution is -2.17. The Morgan fingerprint density at radius 1 is 1.33 bits per heavy atom. The summed E-state index contributed by atoms with van der Waals surface area (Å²) in [7, 11) is 1.65. The number of aromatic nitrogens is 5. The van der Waals surface area contributed by atoms with Crippen molar-refractivity contribution < 1.29 is 9.47 Å². The fourth-order valence-corrected chi connectivity index (χ4v) is 3.47. The molecule has 0 saturated heterocycles. The molecule has 0 amide bonds. The third-order valence-electron chi connectivity index (χ3n) is 4.79. The summed E-state index contributed by atoms with van der Waals surface area (Å²) < 4.78 is 15.6. The number of ether oxygens (including phenoxy) is 2. The molecule has 3 heterocycles. The molecular weight excluding hydrogens is 342 g/mol. The molecule has 140 valence electrons. The van der Waals surface area contributed by atoms with Crippen LogP contribution in [0.4, 0.5) is 0 Å². The van der Waals surface area contributed by atoms with E-state index < -0.39 is 0 Å². The number of hydrogen-bond acceptors (Lipinski definition) is 5. The third kappa shape index (κ3) is 3.09. The lowest BCUT2D eigenvalue weighted by molar-refractivity contribution is 0.326. The van der Waals surface area contributed by atoms with Gasteiger partial charge < -0.3 is 18.6 Å². The highest BCUT2D eigenvalue weighted by Gasteiger charge is 2.23. The van der Waals surface area contributed by atoms with Crippen LogP contribution in [0.25, 0.3) is 11.6 Å². The van der Waals surface area contributed by atoms with Crippen LogP contribution >= 0.6 is 0 Å². The van der Waals surface area contributed by atoms with Crippen molar-refractivity contribution in [3.05, 3.63) is 54.1 Å². The lowest BCUT2D eigenvalue weighted by atomic mass is 10.1. The Morgan fingerprint density at radius 2 is 2.22 bits per heavy atom. The lowest BCUT2D eigenvalue weighted by Gasteiger charge is -2.22. The number of imidazole rings is 1. The topological polar surface area (TPSA) is 67.0 Å². The van der Waals surface area contributed by atoms with Gasteiger partial charge in [0.25, 0.3) is 0 Å². The molecule has 1 aromatic carbocycles. The van der Waals surface area contributed by atoms with Crippen molar-refractivity contribution in [2.75, 3.05) is 13.7 Å². The molecule has 0 N–H and O–H groups in total. The summed E-state index contributed by atoms with van der Waals surface area (Å²) in [5.74, 6) is 3.32. The summed E-state index contributed by atoms with van der Waals surface area (Å²) in [6, 6.07) is 5.90. The number of benzene rings is 1. The van der Waals surface area contributed by atoms with Gasteiger partial charge in [0, 0.05) is 30.1 Å². The molecule has 0 unspecified atom stereocenters. The Bertz CT molecular complexity index is 972. The van der Waals surface area contributed by atoms with E-state index in [4.69, 9.17) is 9.47 Å². The molecule has 7 heteroatoms. The van der Waals surface area contributed by atoms with E-state index in [1.165, 1.54) is 0 Å². The van der Waals surface area contributed by atoms with Gasteiger partial charge in [-0.15, -0.1) is 10.2 Å². The fraction of sp³-hybridized carbons (Fsp3) is 0.350. The molecule has 0 aliphatic carbocycles. The van der Waals surface area contributed by atoms with Crippen LogP contribution in [-0.4, -0.2) is 38.0 Å². The van der Waals surface area contributed by atoms with Crippen LogP contribution in [0.2, 0.25) is 0 Å². The molecule has 27 heavy (non-hydrogen) atoms. The van der Waals surface area contributed by atoms with E-state index in [1.807, 2.05) is 30.6 Å². The highest BCUT2D eigenvalue weighted by atomic mass is 16.5. The molecule has 7 nitrogen and oxygen atoms in total. The molecule has 3 aromatic rings. The van der Waals surface area contributed by atoms with Crippen LogP contribution in [-0.2, 0) is 6.54 Å². The van der Waals surface area contributed by atoms with Crippen molar-refractivity contribution in [1.82, 2.24) is 24.3 Å². The van der Waals surface area contributed by atoms with Crippen LogP contribution < -0.4 is 9.47 Å². The minimum Gasteiger partial charge on any atom is -0.493 e. The zero-order valence-electron chi connectivity index (χ0n) is 15.8. The molecule has 1 aliphatic rings. The Balaban J connectivity index is 1.70. The van der Waals surface area contributed by atoms with Gasteiger partial charge in [0.15, 0.2) is 17.3 Å². The van der Waals surface area contributed by atoms with Crippen LogP contribution in [0.15, 0.2) is 36.9 Å². The molecule has 1 aliphatic heterocycles. The van der Waals surface area contributed by atoms with E-state index in [0.29, 0.717) is 6.61 Å². The summed E-state index contributed by atoms with van der Waals surface area (Å²) in [6.45, 7) is 5.60. The summed E-state index contributed by atoms with van der Waals surface area (Å²) in [5.41, 5.74) is 2.01. The SMILES string of the molecule is CCCn1cnnc1[C@H](C)n1ccnc1C1=Cc2cccc(OC)c2OC1. The Kier molecular flexibility index (Phi) is 4.66. The second-order valence-electron chi connectivity index (χ2n) is 6.55. The smallest absolute Gasteiger partial charge is 0.168 e. The normalized spacial score (nSPS) is 14.3. The molecule has 1 atom stereocenters. The third-order valence-corrected chi connectivity index (χ3v) is 4.79. The van der Waals surface area contributed by atoms with Gasteiger partial charge in [-0.3, -0.25) is 0 Å². The van der Waals surface area contributed by atoms with E-state index in [0.717, 1.165) is 47.2 Å². The second kappa shape index (κ2) is 7.26. The Morgan fingerprint density at radius 3 is 3.04 bits per heavy atom.